The summed E-state index contributed by atoms with van der Waals surface area (Å²) in [6.07, 6.45) is 1.05. The molecule has 0 bridgehead atoms. The zero-order valence-corrected chi connectivity index (χ0v) is 6.83. The molecule has 12 heavy (non-hydrogen) atoms. The van der Waals surface area contributed by atoms with Crippen LogP contribution < -0.4 is 5.11 Å². The van der Waals surface area contributed by atoms with Crippen molar-refractivity contribution in [3.05, 3.63) is 11.1 Å². The lowest BCUT2D eigenvalue weighted by Gasteiger charge is -2.07. The molecule has 0 aromatic rings. The molecule has 64 valence electrons. The summed E-state index contributed by atoms with van der Waals surface area (Å²) in [5, 5.41) is 10.4. The largest absolute Gasteiger partial charge is 0.545 e. The Morgan fingerprint density at radius 3 is 2.50 bits per heavy atom. The van der Waals surface area contributed by atoms with Crippen LogP contribution in [0.25, 0.3) is 0 Å². The van der Waals surface area contributed by atoms with E-state index in [4.69, 9.17) is 0 Å². The molecule has 1 amide bonds. The van der Waals surface area contributed by atoms with Crippen molar-refractivity contribution in [3.8, 4) is 0 Å². The maximum absolute atomic E-state index is 11.0. The molecule has 0 spiro atoms. The van der Waals surface area contributed by atoms with E-state index in [1.54, 1.807) is 13.8 Å². The average molecular weight is 166 g/mol. The fraction of sp³-hybridized carbons (Fsp3) is 0.375. The van der Waals surface area contributed by atoms with Gasteiger partial charge in [0.05, 0.1) is 5.97 Å². The van der Waals surface area contributed by atoms with Crippen molar-refractivity contribution in [2.24, 2.45) is 10.9 Å². The lowest BCUT2D eigenvalue weighted by molar-refractivity contribution is -0.298. The predicted octanol–water partition coefficient (Wildman–Crippen LogP) is -0.700. The molecular formula is C8H8NO3-. The Labute approximate surface area is 69.6 Å². The molecule has 0 aromatic carbocycles. The molecule has 1 aliphatic rings. The summed E-state index contributed by atoms with van der Waals surface area (Å²) in [5.74, 6) is -1.94. The highest BCUT2D eigenvalue weighted by Crippen LogP contribution is 2.19. The minimum Gasteiger partial charge on any atom is -0.545 e. The molecule has 0 atom stereocenters. The zero-order chi connectivity index (χ0) is 9.30. The Balaban J connectivity index is 3.13. The van der Waals surface area contributed by atoms with Crippen molar-refractivity contribution in [3.63, 3.8) is 0 Å². The third-order valence-electron chi connectivity index (χ3n) is 1.63. The molecule has 1 rings (SSSR count). The van der Waals surface area contributed by atoms with Crippen molar-refractivity contribution < 1.29 is 14.7 Å². The molecule has 0 unspecified atom stereocenters. The van der Waals surface area contributed by atoms with E-state index in [0.717, 1.165) is 6.21 Å². The van der Waals surface area contributed by atoms with Gasteiger partial charge in [0.15, 0.2) is 0 Å². The first-order valence-corrected chi connectivity index (χ1v) is 3.58. The third kappa shape index (κ3) is 1.28. The molecule has 0 N–H and O–H groups in total. The van der Waals surface area contributed by atoms with Crippen LogP contribution >= 0.6 is 0 Å². The highest BCUT2D eigenvalue weighted by atomic mass is 16.4. The van der Waals surface area contributed by atoms with Crippen LogP contribution in [0.3, 0.4) is 0 Å². The van der Waals surface area contributed by atoms with Crippen LogP contribution in [-0.4, -0.2) is 18.1 Å². The van der Waals surface area contributed by atoms with Crippen molar-refractivity contribution in [2.75, 3.05) is 0 Å². The van der Waals surface area contributed by atoms with Crippen LogP contribution in [0.2, 0.25) is 0 Å². The molecule has 0 saturated carbocycles. The second kappa shape index (κ2) is 2.89. The number of amides is 1. The van der Waals surface area contributed by atoms with Gasteiger partial charge in [0, 0.05) is 17.4 Å². The SMILES string of the molecule is CC(C)C1=C(C(=O)[O-])C=NC1=O. The summed E-state index contributed by atoms with van der Waals surface area (Å²) < 4.78 is 0. The lowest BCUT2D eigenvalue weighted by Crippen LogP contribution is -2.26. The minimum absolute atomic E-state index is 0.0880. The van der Waals surface area contributed by atoms with Gasteiger partial charge in [0.1, 0.15) is 0 Å². The van der Waals surface area contributed by atoms with Crippen molar-refractivity contribution >= 4 is 18.1 Å². The normalized spacial score (nSPS) is 16.4. The van der Waals surface area contributed by atoms with E-state index in [-0.39, 0.29) is 17.1 Å². The summed E-state index contributed by atoms with van der Waals surface area (Å²) in [6, 6.07) is 0. The molecule has 4 heteroatoms. The van der Waals surface area contributed by atoms with Crippen molar-refractivity contribution in [1.82, 2.24) is 0 Å². The monoisotopic (exact) mass is 166 g/mol. The number of carbonyl (C=O) groups is 2. The number of hydrogen-bond donors (Lipinski definition) is 0. The first-order valence-electron chi connectivity index (χ1n) is 3.58. The van der Waals surface area contributed by atoms with Gasteiger partial charge < -0.3 is 9.90 Å². The number of aliphatic imine (C=N–C) groups is 1. The summed E-state index contributed by atoms with van der Waals surface area (Å²) in [5.41, 5.74) is 0.144. The highest BCUT2D eigenvalue weighted by Gasteiger charge is 2.22. The van der Waals surface area contributed by atoms with Crippen LogP contribution in [0.5, 0.6) is 0 Å². The van der Waals surface area contributed by atoms with E-state index in [2.05, 4.69) is 4.99 Å². The van der Waals surface area contributed by atoms with Crippen LogP contribution in [-0.2, 0) is 9.59 Å². The Morgan fingerprint density at radius 1 is 1.58 bits per heavy atom. The summed E-state index contributed by atoms with van der Waals surface area (Å²) >= 11 is 0. The van der Waals surface area contributed by atoms with E-state index in [1.165, 1.54) is 0 Å². The molecule has 1 heterocycles. The number of carboxylic acids is 1. The van der Waals surface area contributed by atoms with Gasteiger partial charge >= 0.3 is 0 Å². The number of rotatable bonds is 2. The summed E-state index contributed by atoms with van der Waals surface area (Å²) in [4.78, 5) is 24.8. The highest BCUT2D eigenvalue weighted by molar-refractivity contribution is 6.22. The van der Waals surface area contributed by atoms with E-state index >= 15 is 0 Å². The molecular weight excluding hydrogens is 158 g/mol. The van der Waals surface area contributed by atoms with E-state index in [9.17, 15) is 14.7 Å². The van der Waals surface area contributed by atoms with Gasteiger partial charge in [-0.1, -0.05) is 13.8 Å². The smallest absolute Gasteiger partial charge is 0.273 e. The van der Waals surface area contributed by atoms with Crippen LogP contribution in [0.4, 0.5) is 0 Å². The molecule has 1 aliphatic heterocycles. The van der Waals surface area contributed by atoms with Crippen LogP contribution in [0.1, 0.15) is 13.8 Å². The fourth-order valence-electron chi connectivity index (χ4n) is 1.10. The topological polar surface area (TPSA) is 69.6 Å². The molecule has 0 fully saturated rings. The summed E-state index contributed by atoms with van der Waals surface area (Å²) in [7, 11) is 0. The zero-order valence-electron chi connectivity index (χ0n) is 6.83. The third-order valence-corrected chi connectivity index (χ3v) is 1.63. The minimum atomic E-state index is -1.34. The molecule has 0 radical (unpaired) electrons. The van der Waals surface area contributed by atoms with Gasteiger partial charge in [0.25, 0.3) is 5.91 Å². The summed E-state index contributed by atoms with van der Waals surface area (Å²) in [6.45, 7) is 3.48. The quantitative estimate of drug-likeness (QED) is 0.544. The Hall–Kier alpha value is -1.45. The van der Waals surface area contributed by atoms with Crippen molar-refractivity contribution in [1.29, 1.82) is 0 Å². The van der Waals surface area contributed by atoms with Crippen molar-refractivity contribution in [2.45, 2.75) is 13.8 Å². The molecule has 0 aromatic heterocycles. The van der Waals surface area contributed by atoms with E-state index in [0.29, 0.717) is 0 Å². The van der Waals surface area contributed by atoms with E-state index in [1.807, 2.05) is 0 Å². The number of aliphatic carboxylic acids is 1. The first-order chi connectivity index (χ1) is 5.54. The maximum Gasteiger partial charge on any atom is 0.273 e. The Morgan fingerprint density at radius 2 is 2.17 bits per heavy atom. The molecule has 0 aliphatic carbocycles. The number of hydrogen-bond acceptors (Lipinski definition) is 3. The molecule has 4 nitrogen and oxygen atoms in total. The Bertz CT molecular complexity index is 299. The second-order valence-electron chi connectivity index (χ2n) is 2.83. The number of carboxylic acid groups (broad SMARTS) is 1. The second-order valence-corrected chi connectivity index (χ2v) is 2.83. The molecule has 0 saturated heterocycles. The van der Waals surface area contributed by atoms with Gasteiger partial charge in [-0.3, -0.25) is 4.79 Å². The Kier molecular flexibility index (Phi) is 2.08. The van der Waals surface area contributed by atoms with Crippen LogP contribution in [0.15, 0.2) is 16.1 Å². The van der Waals surface area contributed by atoms with Gasteiger partial charge in [-0.2, -0.15) is 0 Å². The van der Waals surface area contributed by atoms with E-state index < -0.39 is 11.9 Å². The number of nitrogens with zero attached hydrogens (tertiary/aromatic N) is 1. The van der Waals surface area contributed by atoms with Gasteiger partial charge in [-0.05, 0) is 5.92 Å². The van der Waals surface area contributed by atoms with Gasteiger partial charge in [-0.25, -0.2) is 4.99 Å². The average Bonchev–Trinajstić information content (AvgIpc) is 2.30. The van der Waals surface area contributed by atoms with Gasteiger partial charge in [-0.15, -0.1) is 0 Å². The predicted molar refractivity (Wildman–Crippen MR) is 40.4 cm³/mol. The number of carbonyl (C=O) groups excluding carboxylic acids is 2. The standard InChI is InChI=1S/C8H9NO3/c1-4(2)6-5(8(11)12)3-9-7(6)10/h3-4H,1-2H3,(H,11,12)/p-1. The lowest BCUT2D eigenvalue weighted by atomic mass is 9.99. The fourth-order valence-corrected chi connectivity index (χ4v) is 1.10. The van der Waals surface area contributed by atoms with Crippen LogP contribution in [0, 0.1) is 5.92 Å². The first kappa shape index (κ1) is 8.64. The maximum atomic E-state index is 11.0. The van der Waals surface area contributed by atoms with Gasteiger partial charge in [0.2, 0.25) is 0 Å².